The zero-order valence-corrected chi connectivity index (χ0v) is 19.8. The standard InChI is InChI=1S/C24H25N3O7S/c1-2-33-20-10-9-19(16-22(20)35(30,31)27-11-14-32-15-12-27)26-23(28)17-5-7-18(8-6-17)25-24(29)21-4-3-13-34-21/h3-10,13,16H,2,11-12,14-15H2,1H3,(H,25,29)(H,26,28). The van der Waals surface area contributed by atoms with E-state index < -0.39 is 21.8 Å². The van der Waals surface area contributed by atoms with Gasteiger partial charge in [-0.15, -0.1) is 0 Å². The minimum absolute atomic E-state index is 0.0185. The van der Waals surface area contributed by atoms with Crippen molar-refractivity contribution in [2.24, 2.45) is 0 Å². The SMILES string of the molecule is CCOc1ccc(NC(=O)c2ccc(NC(=O)c3ccco3)cc2)cc1S(=O)(=O)N1CCOCC1. The third-order valence-corrected chi connectivity index (χ3v) is 7.16. The minimum Gasteiger partial charge on any atom is -0.492 e. The molecule has 2 heterocycles. The third-order valence-electron chi connectivity index (χ3n) is 5.24. The molecule has 2 amide bonds. The number of carbonyl (C=O) groups is 2. The fourth-order valence-electron chi connectivity index (χ4n) is 3.50. The van der Waals surface area contributed by atoms with Crippen LogP contribution in [0.3, 0.4) is 0 Å². The van der Waals surface area contributed by atoms with Crippen molar-refractivity contribution in [2.75, 3.05) is 43.5 Å². The van der Waals surface area contributed by atoms with Crippen LogP contribution in [0.2, 0.25) is 0 Å². The number of anilines is 2. The summed E-state index contributed by atoms with van der Waals surface area (Å²) >= 11 is 0. The highest BCUT2D eigenvalue weighted by Gasteiger charge is 2.30. The van der Waals surface area contributed by atoms with Gasteiger partial charge in [-0.2, -0.15) is 4.31 Å². The molecule has 0 bridgehead atoms. The number of nitrogens with one attached hydrogen (secondary N) is 2. The van der Waals surface area contributed by atoms with Crippen LogP contribution in [0, 0.1) is 0 Å². The first-order chi connectivity index (χ1) is 16.9. The van der Waals surface area contributed by atoms with Gasteiger partial charge in [0.05, 0.1) is 26.1 Å². The summed E-state index contributed by atoms with van der Waals surface area (Å²) in [6.07, 6.45) is 1.40. The largest absolute Gasteiger partial charge is 0.492 e. The molecule has 2 N–H and O–H groups in total. The summed E-state index contributed by atoms with van der Waals surface area (Å²) in [7, 11) is -3.84. The predicted molar refractivity (Wildman–Crippen MR) is 128 cm³/mol. The zero-order valence-electron chi connectivity index (χ0n) is 19.0. The lowest BCUT2D eigenvalue weighted by molar-refractivity contribution is 0.0729. The van der Waals surface area contributed by atoms with Crippen LogP contribution in [-0.2, 0) is 14.8 Å². The average Bonchev–Trinajstić information content (AvgIpc) is 3.41. The number of morpholine rings is 1. The Morgan fingerprint density at radius 1 is 0.971 bits per heavy atom. The topological polar surface area (TPSA) is 127 Å². The molecule has 1 aliphatic heterocycles. The van der Waals surface area contributed by atoms with Gasteiger partial charge in [0.15, 0.2) is 5.76 Å². The summed E-state index contributed by atoms with van der Waals surface area (Å²) in [6, 6.07) is 13.9. The Hall–Kier alpha value is -3.67. The fourth-order valence-corrected chi connectivity index (χ4v) is 5.06. The summed E-state index contributed by atoms with van der Waals surface area (Å²) in [5.41, 5.74) is 1.12. The Morgan fingerprint density at radius 2 is 1.66 bits per heavy atom. The van der Waals surface area contributed by atoms with E-state index in [2.05, 4.69) is 10.6 Å². The van der Waals surface area contributed by atoms with E-state index in [0.717, 1.165) is 0 Å². The lowest BCUT2D eigenvalue weighted by Gasteiger charge is -2.27. The molecule has 184 valence electrons. The number of hydrogen-bond donors (Lipinski definition) is 2. The number of ether oxygens (including phenoxy) is 2. The van der Waals surface area contributed by atoms with E-state index in [1.165, 1.54) is 22.7 Å². The van der Waals surface area contributed by atoms with Crippen molar-refractivity contribution in [3.63, 3.8) is 0 Å². The van der Waals surface area contributed by atoms with Gasteiger partial charge in [0.25, 0.3) is 11.8 Å². The van der Waals surface area contributed by atoms with Gasteiger partial charge < -0.3 is 24.5 Å². The van der Waals surface area contributed by atoms with Gasteiger partial charge in [-0.25, -0.2) is 8.42 Å². The second-order valence-electron chi connectivity index (χ2n) is 7.57. The molecule has 0 saturated carbocycles. The summed E-state index contributed by atoms with van der Waals surface area (Å²) in [6.45, 7) is 3.18. The lowest BCUT2D eigenvalue weighted by Crippen LogP contribution is -2.40. The van der Waals surface area contributed by atoms with Gasteiger partial charge in [-0.05, 0) is 61.5 Å². The molecule has 0 aliphatic carbocycles. The van der Waals surface area contributed by atoms with Crippen LogP contribution in [0.15, 0.2) is 70.2 Å². The summed E-state index contributed by atoms with van der Waals surface area (Å²) in [5.74, 6) is -0.456. The zero-order chi connectivity index (χ0) is 24.8. The van der Waals surface area contributed by atoms with Crippen LogP contribution in [0.1, 0.15) is 27.8 Å². The second kappa shape index (κ2) is 10.7. The monoisotopic (exact) mass is 499 g/mol. The summed E-state index contributed by atoms with van der Waals surface area (Å²) in [5, 5.41) is 5.40. The highest BCUT2D eigenvalue weighted by molar-refractivity contribution is 7.89. The molecule has 1 saturated heterocycles. The molecule has 35 heavy (non-hydrogen) atoms. The molecule has 0 atom stereocenters. The molecule has 0 spiro atoms. The van der Waals surface area contributed by atoms with Gasteiger partial charge in [0.2, 0.25) is 10.0 Å². The van der Waals surface area contributed by atoms with E-state index in [-0.39, 0.29) is 29.5 Å². The predicted octanol–water partition coefficient (Wildman–Crippen LogP) is 3.20. The molecule has 1 aromatic heterocycles. The number of hydrogen-bond acceptors (Lipinski definition) is 7. The average molecular weight is 500 g/mol. The van der Waals surface area contributed by atoms with Crippen molar-refractivity contribution in [1.82, 2.24) is 4.31 Å². The van der Waals surface area contributed by atoms with E-state index in [9.17, 15) is 18.0 Å². The molecule has 2 aromatic carbocycles. The minimum atomic E-state index is -3.84. The number of amides is 2. The highest BCUT2D eigenvalue weighted by atomic mass is 32.2. The summed E-state index contributed by atoms with van der Waals surface area (Å²) in [4.78, 5) is 24.9. The van der Waals surface area contributed by atoms with Crippen molar-refractivity contribution in [2.45, 2.75) is 11.8 Å². The summed E-state index contributed by atoms with van der Waals surface area (Å²) < 4.78 is 43.7. The van der Waals surface area contributed by atoms with Crippen molar-refractivity contribution in [1.29, 1.82) is 0 Å². The Labute approximate surface area is 202 Å². The maximum absolute atomic E-state index is 13.2. The number of carbonyl (C=O) groups excluding carboxylic acids is 2. The van der Waals surface area contributed by atoms with E-state index in [0.29, 0.717) is 36.8 Å². The van der Waals surface area contributed by atoms with E-state index in [4.69, 9.17) is 13.9 Å². The molecule has 1 aliphatic rings. The maximum Gasteiger partial charge on any atom is 0.291 e. The van der Waals surface area contributed by atoms with Crippen molar-refractivity contribution in [3.8, 4) is 5.75 Å². The van der Waals surface area contributed by atoms with Crippen LogP contribution < -0.4 is 15.4 Å². The number of sulfonamides is 1. The molecular formula is C24H25N3O7S. The van der Waals surface area contributed by atoms with Crippen LogP contribution >= 0.6 is 0 Å². The Morgan fingerprint density at radius 3 is 2.31 bits per heavy atom. The molecule has 0 radical (unpaired) electrons. The molecule has 1 fully saturated rings. The van der Waals surface area contributed by atoms with Crippen LogP contribution in [0.4, 0.5) is 11.4 Å². The van der Waals surface area contributed by atoms with Crippen molar-refractivity contribution < 1.29 is 31.9 Å². The highest BCUT2D eigenvalue weighted by Crippen LogP contribution is 2.30. The Kier molecular flexibility index (Phi) is 7.49. The third kappa shape index (κ3) is 5.70. The molecule has 4 rings (SSSR count). The molecule has 11 heteroatoms. The molecule has 3 aromatic rings. The van der Waals surface area contributed by atoms with Crippen molar-refractivity contribution >= 4 is 33.2 Å². The first-order valence-electron chi connectivity index (χ1n) is 11.0. The quantitative estimate of drug-likeness (QED) is 0.487. The van der Waals surface area contributed by atoms with Gasteiger partial charge >= 0.3 is 0 Å². The molecule has 10 nitrogen and oxygen atoms in total. The normalized spacial score (nSPS) is 14.3. The number of rotatable bonds is 8. The number of nitrogens with zero attached hydrogens (tertiary/aromatic N) is 1. The molecule has 0 unspecified atom stereocenters. The molecular weight excluding hydrogens is 474 g/mol. The number of furan rings is 1. The van der Waals surface area contributed by atoms with Gasteiger partial charge in [-0.1, -0.05) is 0 Å². The van der Waals surface area contributed by atoms with Crippen LogP contribution in [0.25, 0.3) is 0 Å². The lowest BCUT2D eigenvalue weighted by atomic mass is 10.2. The van der Waals surface area contributed by atoms with E-state index in [1.54, 1.807) is 49.4 Å². The van der Waals surface area contributed by atoms with Crippen molar-refractivity contribution in [3.05, 3.63) is 72.2 Å². The van der Waals surface area contributed by atoms with Gasteiger partial charge in [-0.3, -0.25) is 9.59 Å². The van der Waals surface area contributed by atoms with E-state index >= 15 is 0 Å². The second-order valence-corrected chi connectivity index (χ2v) is 9.48. The first kappa shape index (κ1) is 24.5. The first-order valence-corrected chi connectivity index (χ1v) is 12.4. The van der Waals surface area contributed by atoms with Gasteiger partial charge in [0, 0.05) is 30.0 Å². The van der Waals surface area contributed by atoms with Crippen LogP contribution in [0.5, 0.6) is 5.75 Å². The number of benzene rings is 2. The smallest absolute Gasteiger partial charge is 0.291 e. The van der Waals surface area contributed by atoms with Gasteiger partial charge in [0.1, 0.15) is 10.6 Å². The Balaban J connectivity index is 1.50. The Bertz CT molecular complexity index is 1280. The van der Waals surface area contributed by atoms with E-state index in [1.807, 2.05) is 0 Å². The maximum atomic E-state index is 13.2. The fraction of sp³-hybridized carbons (Fsp3) is 0.250. The van der Waals surface area contributed by atoms with Crippen LogP contribution in [-0.4, -0.2) is 57.4 Å².